The molecule has 0 bridgehead atoms. The van der Waals surface area contributed by atoms with Crippen molar-refractivity contribution in [2.45, 2.75) is 9.79 Å². The smallest absolute Gasteiger partial charge is 0.161 e. The average Bonchev–Trinajstić information content (AvgIpc) is 3.12. The summed E-state index contributed by atoms with van der Waals surface area (Å²) < 4.78 is 10.7. The van der Waals surface area contributed by atoms with Crippen LogP contribution in [0.15, 0.2) is 76.5 Å². The fourth-order valence-corrected chi connectivity index (χ4v) is 3.82. The number of aromatic nitrogens is 2. The Morgan fingerprint density at radius 1 is 0.846 bits per heavy atom. The molecular formula is C21H18N2O2S. The van der Waals surface area contributed by atoms with Crippen molar-refractivity contribution in [2.75, 3.05) is 14.2 Å². The number of aromatic amines is 1. The number of benzene rings is 3. The Hall–Kier alpha value is -2.92. The number of methoxy groups -OCH3 is 2. The van der Waals surface area contributed by atoms with Crippen molar-refractivity contribution >= 4 is 22.8 Å². The third-order valence-corrected chi connectivity index (χ3v) is 5.18. The van der Waals surface area contributed by atoms with Crippen LogP contribution in [-0.4, -0.2) is 24.2 Å². The number of nitrogens with zero attached hydrogens (tertiary/aromatic N) is 1. The first-order valence-electron chi connectivity index (χ1n) is 8.22. The van der Waals surface area contributed by atoms with Gasteiger partial charge < -0.3 is 14.5 Å². The SMILES string of the molecule is COc1ccc(Sc2ccccc2-c2nc3ccccc3[nH]2)cc1OC. The van der Waals surface area contributed by atoms with Crippen LogP contribution >= 0.6 is 11.8 Å². The number of para-hydroxylation sites is 2. The van der Waals surface area contributed by atoms with Gasteiger partial charge in [0.2, 0.25) is 0 Å². The minimum Gasteiger partial charge on any atom is -0.493 e. The summed E-state index contributed by atoms with van der Waals surface area (Å²) in [4.78, 5) is 10.3. The zero-order chi connectivity index (χ0) is 17.9. The van der Waals surface area contributed by atoms with E-state index in [9.17, 15) is 0 Å². The highest BCUT2D eigenvalue weighted by atomic mass is 32.2. The molecule has 4 nitrogen and oxygen atoms in total. The molecule has 5 heteroatoms. The molecule has 4 rings (SSSR count). The molecule has 1 N–H and O–H groups in total. The molecule has 0 aliphatic heterocycles. The minimum atomic E-state index is 0.721. The van der Waals surface area contributed by atoms with E-state index >= 15 is 0 Å². The molecule has 4 aromatic rings. The molecule has 0 radical (unpaired) electrons. The maximum Gasteiger partial charge on any atom is 0.161 e. The van der Waals surface area contributed by atoms with Crippen LogP contribution in [0.2, 0.25) is 0 Å². The number of ether oxygens (including phenoxy) is 2. The monoisotopic (exact) mass is 362 g/mol. The number of fused-ring (bicyclic) bond motifs is 1. The number of rotatable bonds is 5. The molecule has 0 unspecified atom stereocenters. The second-order valence-corrected chi connectivity index (χ2v) is 6.83. The van der Waals surface area contributed by atoms with Gasteiger partial charge in [-0.3, -0.25) is 0 Å². The summed E-state index contributed by atoms with van der Waals surface area (Å²) in [5, 5.41) is 0. The predicted molar refractivity (Wildman–Crippen MR) is 105 cm³/mol. The van der Waals surface area contributed by atoms with Gasteiger partial charge in [0.1, 0.15) is 5.82 Å². The summed E-state index contributed by atoms with van der Waals surface area (Å²) in [6, 6.07) is 22.2. The van der Waals surface area contributed by atoms with Gasteiger partial charge in [0.25, 0.3) is 0 Å². The third-order valence-electron chi connectivity index (χ3n) is 4.11. The molecule has 0 atom stereocenters. The molecule has 0 aliphatic rings. The lowest BCUT2D eigenvalue weighted by molar-refractivity contribution is 0.354. The van der Waals surface area contributed by atoms with Crippen LogP contribution in [0.25, 0.3) is 22.4 Å². The van der Waals surface area contributed by atoms with Crippen molar-refractivity contribution in [2.24, 2.45) is 0 Å². The molecule has 0 saturated carbocycles. The molecular weight excluding hydrogens is 344 g/mol. The van der Waals surface area contributed by atoms with Gasteiger partial charge in [-0.25, -0.2) is 4.98 Å². The maximum atomic E-state index is 5.41. The van der Waals surface area contributed by atoms with Gasteiger partial charge in [-0.2, -0.15) is 0 Å². The van der Waals surface area contributed by atoms with Gasteiger partial charge >= 0.3 is 0 Å². The van der Waals surface area contributed by atoms with E-state index in [2.05, 4.69) is 17.1 Å². The van der Waals surface area contributed by atoms with Crippen molar-refractivity contribution in [3.63, 3.8) is 0 Å². The summed E-state index contributed by atoms with van der Waals surface area (Å²) in [5.74, 6) is 2.32. The van der Waals surface area contributed by atoms with Gasteiger partial charge in [-0.15, -0.1) is 0 Å². The van der Waals surface area contributed by atoms with Crippen molar-refractivity contribution in [3.8, 4) is 22.9 Å². The van der Waals surface area contributed by atoms with E-state index in [0.29, 0.717) is 0 Å². The van der Waals surface area contributed by atoms with Crippen molar-refractivity contribution in [3.05, 3.63) is 66.7 Å². The van der Waals surface area contributed by atoms with Crippen LogP contribution in [0, 0.1) is 0 Å². The molecule has 0 saturated heterocycles. The molecule has 0 aliphatic carbocycles. The largest absolute Gasteiger partial charge is 0.493 e. The van der Waals surface area contributed by atoms with Crippen LogP contribution in [0.1, 0.15) is 0 Å². The predicted octanol–water partition coefficient (Wildman–Crippen LogP) is 5.40. The summed E-state index contributed by atoms with van der Waals surface area (Å²) >= 11 is 1.67. The molecule has 130 valence electrons. The van der Waals surface area contributed by atoms with Crippen LogP contribution < -0.4 is 9.47 Å². The zero-order valence-corrected chi connectivity index (χ0v) is 15.3. The highest BCUT2D eigenvalue weighted by Crippen LogP contribution is 2.39. The number of hydrogen-bond donors (Lipinski definition) is 1. The Kier molecular flexibility index (Phi) is 4.54. The lowest BCUT2D eigenvalue weighted by Gasteiger charge is -2.11. The second-order valence-electron chi connectivity index (χ2n) is 5.72. The summed E-state index contributed by atoms with van der Waals surface area (Å²) in [5.41, 5.74) is 3.07. The van der Waals surface area contributed by atoms with Gasteiger partial charge in [0.15, 0.2) is 11.5 Å². The molecule has 26 heavy (non-hydrogen) atoms. The molecule has 0 spiro atoms. The Morgan fingerprint density at radius 2 is 1.62 bits per heavy atom. The highest BCUT2D eigenvalue weighted by Gasteiger charge is 2.12. The van der Waals surface area contributed by atoms with Crippen LogP contribution in [0.5, 0.6) is 11.5 Å². The number of H-pyrrole nitrogens is 1. The zero-order valence-electron chi connectivity index (χ0n) is 14.5. The first-order chi connectivity index (χ1) is 12.8. The standard InChI is InChI=1S/C21H18N2O2S/c1-24-18-12-11-14(13-19(18)25-2)26-20-10-6-3-7-15(20)21-22-16-8-4-5-9-17(16)23-21/h3-13H,1-2H3,(H,22,23). The van der Waals surface area contributed by atoms with E-state index in [4.69, 9.17) is 14.5 Å². The fraction of sp³-hybridized carbons (Fsp3) is 0.0952. The summed E-state index contributed by atoms with van der Waals surface area (Å²) in [6.07, 6.45) is 0. The topological polar surface area (TPSA) is 47.1 Å². The van der Waals surface area contributed by atoms with Gasteiger partial charge in [0, 0.05) is 15.4 Å². The Labute approximate surface area is 156 Å². The van der Waals surface area contributed by atoms with Crippen LogP contribution in [-0.2, 0) is 0 Å². The Morgan fingerprint density at radius 3 is 2.42 bits per heavy atom. The molecule has 3 aromatic carbocycles. The Bertz CT molecular complexity index is 1030. The van der Waals surface area contributed by atoms with E-state index in [0.717, 1.165) is 43.7 Å². The lowest BCUT2D eigenvalue weighted by atomic mass is 10.2. The van der Waals surface area contributed by atoms with Crippen molar-refractivity contribution in [1.82, 2.24) is 9.97 Å². The second kappa shape index (κ2) is 7.14. The normalized spacial score (nSPS) is 10.8. The molecule has 0 amide bonds. The first kappa shape index (κ1) is 16.5. The Balaban J connectivity index is 1.72. The number of imidazole rings is 1. The minimum absolute atomic E-state index is 0.721. The van der Waals surface area contributed by atoms with E-state index < -0.39 is 0 Å². The van der Waals surface area contributed by atoms with Crippen LogP contribution in [0.4, 0.5) is 0 Å². The summed E-state index contributed by atoms with van der Waals surface area (Å²) in [7, 11) is 3.29. The highest BCUT2D eigenvalue weighted by molar-refractivity contribution is 7.99. The van der Waals surface area contributed by atoms with Gasteiger partial charge in [0.05, 0.1) is 25.3 Å². The van der Waals surface area contributed by atoms with Crippen molar-refractivity contribution < 1.29 is 9.47 Å². The van der Waals surface area contributed by atoms with E-state index in [1.807, 2.05) is 54.6 Å². The third kappa shape index (κ3) is 3.13. The lowest BCUT2D eigenvalue weighted by Crippen LogP contribution is -1.90. The van der Waals surface area contributed by atoms with E-state index in [1.54, 1.807) is 26.0 Å². The van der Waals surface area contributed by atoms with Gasteiger partial charge in [-0.1, -0.05) is 42.1 Å². The summed E-state index contributed by atoms with van der Waals surface area (Å²) in [6.45, 7) is 0. The van der Waals surface area contributed by atoms with E-state index in [-0.39, 0.29) is 0 Å². The first-order valence-corrected chi connectivity index (χ1v) is 9.04. The molecule has 0 fully saturated rings. The van der Waals surface area contributed by atoms with Crippen LogP contribution in [0.3, 0.4) is 0 Å². The van der Waals surface area contributed by atoms with E-state index in [1.165, 1.54) is 0 Å². The number of hydrogen-bond acceptors (Lipinski definition) is 4. The molecule has 1 aromatic heterocycles. The fourth-order valence-electron chi connectivity index (χ4n) is 2.84. The quantitative estimate of drug-likeness (QED) is 0.516. The maximum absolute atomic E-state index is 5.41. The molecule has 1 heterocycles. The van der Waals surface area contributed by atoms with Crippen molar-refractivity contribution in [1.29, 1.82) is 0 Å². The number of nitrogens with one attached hydrogen (secondary N) is 1. The average molecular weight is 362 g/mol. The van der Waals surface area contributed by atoms with Gasteiger partial charge in [-0.05, 0) is 36.4 Å².